The second-order valence-corrected chi connectivity index (χ2v) is 6.09. The molecule has 0 saturated carbocycles. The molecule has 2 heterocycles. The highest BCUT2D eigenvalue weighted by Gasteiger charge is 2.19. The van der Waals surface area contributed by atoms with Gasteiger partial charge in [0.2, 0.25) is 0 Å². The number of aromatic nitrogens is 2. The van der Waals surface area contributed by atoms with E-state index in [1.54, 1.807) is 23.5 Å². The minimum absolute atomic E-state index is 0.0676. The van der Waals surface area contributed by atoms with Crippen molar-refractivity contribution in [3.63, 3.8) is 0 Å². The molecule has 0 unspecified atom stereocenters. The van der Waals surface area contributed by atoms with Crippen molar-refractivity contribution < 1.29 is 9.90 Å². The minimum Gasteiger partial charge on any atom is -0.395 e. The second-order valence-electron chi connectivity index (χ2n) is 5.03. The molecule has 0 aromatic carbocycles. The number of carbonyl (C=O) groups is 1. The zero-order valence-electron chi connectivity index (χ0n) is 12.2. The summed E-state index contributed by atoms with van der Waals surface area (Å²) in [6.07, 6.45) is 5.04. The van der Waals surface area contributed by atoms with Gasteiger partial charge in [-0.25, -0.2) is 4.98 Å². The summed E-state index contributed by atoms with van der Waals surface area (Å²) in [6.45, 7) is 4.76. The normalized spacial score (nSPS) is 10.9. The second kappa shape index (κ2) is 7.28. The Bertz CT molecular complexity index is 584. The maximum absolute atomic E-state index is 12.5. The maximum Gasteiger partial charge on any atom is 0.265 e. The third-order valence-electron chi connectivity index (χ3n) is 2.98. The Morgan fingerprint density at radius 2 is 2.24 bits per heavy atom. The topological polar surface area (TPSA) is 66.3 Å². The molecule has 0 spiro atoms. The molecule has 0 atom stereocenters. The summed E-state index contributed by atoms with van der Waals surface area (Å²) in [7, 11) is 0. The smallest absolute Gasteiger partial charge is 0.265 e. The molecule has 2 aromatic rings. The van der Waals surface area contributed by atoms with Crippen molar-refractivity contribution >= 4 is 17.2 Å². The van der Waals surface area contributed by atoms with Gasteiger partial charge in [-0.2, -0.15) is 0 Å². The molecular weight excluding hydrogens is 286 g/mol. The highest BCUT2D eigenvalue weighted by molar-refractivity contribution is 7.13. The molecule has 1 amide bonds. The predicted octanol–water partition coefficient (Wildman–Crippen LogP) is 2.30. The average Bonchev–Trinajstić information content (AvgIpc) is 2.97. The van der Waals surface area contributed by atoms with Gasteiger partial charge in [-0.3, -0.25) is 9.78 Å². The number of rotatable bonds is 6. The van der Waals surface area contributed by atoms with Crippen LogP contribution in [-0.2, 0) is 6.54 Å². The summed E-state index contributed by atoms with van der Waals surface area (Å²) >= 11 is 1.41. The Kier molecular flexibility index (Phi) is 5.41. The van der Waals surface area contributed by atoms with Gasteiger partial charge in [-0.05, 0) is 11.6 Å². The molecule has 6 heteroatoms. The number of nitrogens with zero attached hydrogens (tertiary/aromatic N) is 3. The number of hydrogen-bond donors (Lipinski definition) is 1. The van der Waals surface area contributed by atoms with Gasteiger partial charge >= 0.3 is 0 Å². The van der Waals surface area contributed by atoms with Crippen molar-refractivity contribution in [3.05, 3.63) is 46.2 Å². The number of hydrogen-bond acceptors (Lipinski definition) is 5. The zero-order chi connectivity index (χ0) is 15.2. The molecular formula is C15H19N3O2S. The third kappa shape index (κ3) is 4.09. The van der Waals surface area contributed by atoms with E-state index in [1.165, 1.54) is 11.3 Å². The molecule has 0 aliphatic carbocycles. The number of pyridine rings is 1. The minimum atomic E-state index is -0.0997. The summed E-state index contributed by atoms with van der Waals surface area (Å²) in [6, 6.07) is 3.75. The molecule has 0 radical (unpaired) electrons. The number of carbonyl (C=O) groups excluding carboxylic acids is 1. The Morgan fingerprint density at radius 3 is 2.81 bits per heavy atom. The molecule has 0 fully saturated rings. The first-order valence-corrected chi connectivity index (χ1v) is 7.68. The van der Waals surface area contributed by atoms with Crippen molar-refractivity contribution in [2.24, 2.45) is 0 Å². The SMILES string of the molecule is CC(C)c1ncc(C(=O)N(CCO)Cc2cccnc2)s1. The molecule has 5 nitrogen and oxygen atoms in total. The van der Waals surface area contributed by atoms with Gasteiger partial charge in [0, 0.05) is 31.4 Å². The van der Waals surface area contributed by atoms with E-state index in [1.807, 2.05) is 26.0 Å². The average molecular weight is 305 g/mol. The molecule has 0 bridgehead atoms. The lowest BCUT2D eigenvalue weighted by molar-refractivity contribution is 0.0712. The van der Waals surface area contributed by atoms with Gasteiger partial charge in [-0.1, -0.05) is 19.9 Å². The number of aliphatic hydroxyl groups is 1. The van der Waals surface area contributed by atoms with Crippen LogP contribution in [0.1, 0.15) is 40.0 Å². The molecule has 112 valence electrons. The summed E-state index contributed by atoms with van der Waals surface area (Å²) in [5, 5.41) is 10.1. The molecule has 0 saturated heterocycles. The Morgan fingerprint density at radius 1 is 1.43 bits per heavy atom. The number of aliphatic hydroxyl groups excluding tert-OH is 1. The molecule has 1 N–H and O–H groups in total. The first kappa shape index (κ1) is 15.6. The highest BCUT2D eigenvalue weighted by atomic mass is 32.1. The first-order chi connectivity index (χ1) is 10.1. The zero-order valence-corrected chi connectivity index (χ0v) is 13.0. The fourth-order valence-corrected chi connectivity index (χ4v) is 2.78. The van der Waals surface area contributed by atoms with Crippen LogP contribution in [-0.4, -0.2) is 39.0 Å². The van der Waals surface area contributed by atoms with Gasteiger partial charge < -0.3 is 10.0 Å². The van der Waals surface area contributed by atoms with E-state index in [0.29, 0.717) is 23.9 Å². The van der Waals surface area contributed by atoms with Crippen LogP contribution in [0.5, 0.6) is 0 Å². The van der Waals surface area contributed by atoms with Crippen LogP contribution in [0.3, 0.4) is 0 Å². The summed E-state index contributed by atoms with van der Waals surface area (Å²) in [5.41, 5.74) is 0.938. The largest absolute Gasteiger partial charge is 0.395 e. The van der Waals surface area contributed by atoms with Crippen LogP contribution in [0.25, 0.3) is 0 Å². The molecule has 2 rings (SSSR count). The van der Waals surface area contributed by atoms with E-state index in [9.17, 15) is 9.90 Å². The summed E-state index contributed by atoms with van der Waals surface area (Å²) < 4.78 is 0. The standard InChI is InChI=1S/C15H19N3O2S/c1-11(2)14-17-9-13(21-14)15(20)18(6-7-19)10-12-4-3-5-16-8-12/h3-5,8-9,11,19H,6-7,10H2,1-2H3. The van der Waals surface area contributed by atoms with E-state index in [2.05, 4.69) is 9.97 Å². The highest BCUT2D eigenvalue weighted by Crippen LogP contribution is 2.22. The number of thiazole rings is 1. The lowest BCUT2D eigenvalue weighted by Gasteiger charge is -2.20. The monoisotopic (exact) mass is 305 g/mol. The van der Waals surface area contributed by atoms with Crippen LogP contribution < -0.4 is 0 Å². The van der Waals surface area contributed by atoms with Gasteiger partial charge in [-0.15, -0.1) is 11.3 Å². The summed E-state index contributed by atoms with van der Waals surface area (Å²) in [5.74, 6) is 0.207. The van der Waals surface area contributed by atoms with Crippen LogP contribution >= 0.6 is 11.3 Å². The predicted molar refractivity (Wildman–Crippen MR) is 82.3 cm³/mol. The lowest BCUT2D eigenvalue weighted by atomic mass is 10.2. The molecule has 21 heavy (non-hydrogen) atoms. The van der Waals surface area contributed by atoms with Crippen molar-refractivity contribution in [2.45, 2.75) is 26.3 Å². The first-order valence-electron chi connectivity index (χ1n) is 6.86. The van der Waals surface area contributed by atoms with Crippen molar-refractivity contribution in [1.82, 2.24) is 14.9 Å². The van der Waals surface area contributed by atoms with E-state index in [0.717, 1.165) is 10.6 Å². The van der Waals surface area contributed by atoms with Gasteiger partial charge in [0.25, 0.3) is 5.91 Å². The van der Waals surface area contributed by atoms with Crippen LogP contribution in [0.4, 0.5) is 0 Å². The molecule has 0 aliphatic heterocycles. The molecule has 2 aromatic heterocycles. The van der Waals surface area contributed by atoms with Gasteiger partial charge in [0.05, 0.1) is 17.8 Å². The van der Waals surface area contributed by atoms with Gasteiger partial charge in [0.1, 0.15) is 4.88 Å². The van der Waals surface area contributed by atoms with E-state index in [4.69, 9.17) is 0 Å². The van der Waals surface area contributed by atoms with Crippen molar-refractivity contribution in [3.8, 4) is 0 Å². The third-order valence-corrected chi connectivity index (χ3v) is 4.27. The fourth-order valence-electron chi connectivity index (χ4n) is 1.89. The van der Waals surface area contributed by atoms with E-state index in [-0.39, 0.29) is 12.5 Å². The summed E-state index contributed by atoms with van der Waals surface area (Å²) in [4.78, 5) is 23.1. The van der Waals surface area contributed by atoms with Crippen LogP contribution in [0.2, 0.25) is 0 Å². The number of amides is 1. The van der Waals surface area contributed by atoms with Crippen molar-refractivity contribution in [1.29, 1.82) is 0 Å². The Hall–Kier alpha value is -1.79. The fraction of sp³-hybridized carbons (Fsp3) is 0.400. The quantitative estimate of drug-likeness (QED) is 0.889. The Labute approximate surface area is 128 Å². The van der Waals surface area contributed by atoms with Crippen LogP contribution in [0, 0.1) is 0 Å². The van der Waals surface area contributed by atoms with Crippen molar-refractivity contribution in [2.75, 3.05) is 13.2 Å². The lowest BCUT2D eigenvalue weighted by Crippen LogP contribution is -2.32. The maximum atomic E-state index is 12.5. The van der Waals surface area contributed by atoms with Gasteiger partial charge in [0.15, 0.2) is 0 Å². The van der Waals surface area contributed by atoms with E-state index >= 15 is 0 Å². The van der Waals surface area contributed by atoms with E-state index < -0.39 is 0 Å². The molecule has 0 aliphatic rings. The Balaban J connectivity index is 2.14. The van der Waals surface area contributed by atoms with Crippen LogP contribution in [0.15, 0.2) is 30.7 Å².